The Bertz CT molecular complexity index is 856. The van der Waals surface area contributed by atoms with Gasteiger partial charge in [0.15, 0.2) is 0 Å². The predicted octanol–water partition coefficient (Wildman–Crippen LogP) is 5.18. The quantitative estimate of drug-likeness (QED) is 0.483. The third kappa shape index (κ3) is 6.04. The average Bonchev–Trinajstić information content (AvgIpc) is 3.11. The summed E-state index contributed by atoms with van der Waals surface area (Å²) in [7, 11) is -2.01. The molecule has 2 aromatic carbocycles. The summed E-state index contributed by atoms with van der Waals surface area (Å²) in [4.78, 5) is 25.4. The fourth-order valence-corrected chi connectivity index (χ4v) is 9.16. The van der Waals surface area contributed by atoms with Crippen LogP contribution >= 0.6 is 18.9 Å². The summed E-state index contributed by atoms with van der Waals surface area (Å²) < 4.78 is 5.52. The zero-order valence-electron chi connectivity index (χ0n) is 17.1. The van der Waals surface area contributed by atoms with Gasteiger partial charge in [0.2, 0.25) is 0 Å². The van der Waals surface area contributed by atoms with E-state index >= 15 is 0 Å². The van der Waals surface area contributed by atoms with E-state index in [2.05, 4.69) is 5.32 Å². The fraction of sp³-hybridized carbons (Fsp3) is 0.391. The number of halogens is 1. The van der Waals surface area contributed by atoms with Crippen LogP contribution in [-0.4, -0.2) is 36.5 Å². The number of hydrogen-bond acceptors (Lipinski definition) is 3. The van der Waals surface area contributed by atoms with Gasteiger partial charge in [-0.25, -0.2) is 0 Å². The molecule has 0 radical (unpaired) electrons. The normalized spacial score (nSPS) is 16.2. The van der Waals surface area contributed by atoms with Crippen molar-refractivity contribution in [1.29, 1.82) is 0 Å². The molecule has 3 rings (SSSR count). The number of ether oxygens (including phenoxy) is 1. The molecule has 0 saturated carbocycles. The number of esters is 1. The second-order valence-corrected chi connectivity index (χ2v) is 13.3. The zero-order valence-corrected chi connectivity index (χ0v) is 18.8. The Morgan fingerprint density at radius 1 is 1.03 bits per heavy atom. The number of carbonyl (C=O) groups is 2. The van der Waals surface area contributed by atoms with E-state index < -0.39 is 7.26 Å². The average molecular weight is 434 g/mol. The first-order valence-corrected chi connectivity index (χ1v) is 13.3. The monoisotopic (exact) mass is 433 g/mol. The van der Waals surface area contributed by atoms with Crippen molar-refractivity contribution in [3.63, 3.8) is 0 Å². The standard InChI is InChI=1S/C23H29ClNO3P/c1-17-12-20(24)13-18(2)23(17)25-21(26)15-29(10-6-7-11-29)16-22(27)28-14-19-8-4-3-5-9-19/h3-5,8-9,12-13,29H,6-7,10-11,14-16H2,1-2H3,(H,25,26). The van der Waals surface area contributed by atoms with Crippen molar-refractivity contribution in [2.24, 2.45) is 0 Å². The Balaban J connectivity index is 1.61. The molecule has 2 aromatic rings. The number of aryl methyl sites for hydroxylation is 2. The molecule has 4 nitrogen and oxygen atoms in total. The van der Waals surface area contributed by atoms with Crippen molar-refractivity contribution in [1.82, 2.24) is 0 Å². The third-order valence-corrected chi connectivity index (χ3v) is 10.9. The second kappa shape index (κ2) is 9.73. The van der Waals surface area contributed by atoms with Crippen LogP contribution in [0.15, 0.2) is 42.5 Å². The van der Waals surface area contributed by atoms with Crippen LogP contribution in [-0.2, 0) is 20.9 Å². The van der Waals surface area contributed by atoms with Crippen LogP contribution in [0.1, 0.15) is 29.5 Å². The van der Waals surface area contributed by atoms with Gasteiger partial charge in [-0.15, -0.1) is 0 Å². The van der Waals surface area contributed by atoms with Gasteiger partial charge < -0.3 is 0 Å². The number of benzene rings is 2. The van der Waals surface area contributed by atoms with Crippen LogP contribution in [0.3, 0.4) is 0 Å². The van der Waals surface area contributed by atoms with E-state index in [9.17, 15) is 9.59 Å². The molecule has 156 valence electrons. The topological polar surface area (TPSA) is 55.4 Å². The van der Waals surface area contributed by atoms with Crippen molar-refractivity contribution >= 4 is 36.4 Å². The molecule has 1 saturated heterocycles. The number of hydrogen-bond donors (Lipinski definition) is 1. The molecule has 1 aliphatic rings. The minimum atomic E-state index is -2.01. The van der Waals surface area contributed by atoms with E-state index in [0.29, 0.717) is 24.0 Å². The van der Waals surface area contributed by atoms with Gasteiger partial charge >= 0.3 is 178 Å². The van der Waals surface area contributed by atoms with E-state index in [4.69, 9.17) is 16.3 Å². The Hall–Kier alpha value is -1.90. The first kappa shape index (κ1) is 21.8. The first-order chi connectivity index (χ1) is 13.9. The summed E-state index contributed by atoms with van der Waals surface area (Å²) in [6.45, 7) is 4.18. The molecule has 6 heteroatoms. The van der Waals surface area contributed by atoms with Crippen LogP contribution in [0.5, 0.6) is 0 Å². The van der Waals surface area contributed by atoms with Crippen molar-refractivity contribution in [3.8, 4) is 0 Å². The van der Waals surface area contributed by atoms with Gasteiger partial charge in [0.1, 0.15) is 0 Å². The van der Waals surface area contributed by atoms with Crippen LogP contribution in [0.4, 0.5) is 5.69 Å². The van der Waals surface area contributed by atoms with Crippen molar-refractivity contribution in [2.75, 3.05) is 30.0 Å². The van der Waals surface area contributed by atoms with Crippen molar-refractivity contribution in [3.05, 3.63) is 64.2 Å². The van der Waals surface area contributed by atoms with E-state index in [0.717, 1.165) is 47.5 Å². The Morgan fingerprint density at radius 3 is 2.28 bits per heavy atom. The van der Waals surface area contributed by atoms with Crippen LogP contribution < -0.4 is 5.32 Å². The van der Waals surface area contributed by atoms with Gasteiger partial charge in [0, 0.05) is 0 Å². The molecule has 1 aliphatic heterocycles. The van der Waals surface area contributed by atoms with Crippen LogP contribution in [0.25, 0.3) is 0 Å². The maximum absolute atomic E-state index is 12.9. The predicted molar refractivity (Wildman–Crippen MR) is 123 cm³/mol. The molecule has 0 spiro atoms. The number of amides is 1. The van der Waals surface area contributed by atoms with Gasteiger partial charge in [-0.1, -0.05) is 0 Å². The van der Waals surface area contributed by atoms with E-state index in [1.165, 1.54) is 0 Å². The van der Waals surface area contributed by atoms with Crippen molar-refractivity contribution in [2.45, 2.75) is 33.3 Å². The molecule has 1 heterocycles. The summed E-state index contributed by atoms with van der Waals surface area (Å²) in [5.74, 6) is -0.169. The van der Waals surface area contributed by atoms with E-state index in [1.54, 1.807) is 0 Å². The molecule has 1 N–H and O–H groups in total. The summed E-state index contributed by atoms with van der Waals surface area (Å²) in [5, 5.41) is 3.74. The van der Waals surface area contributed by atoms with Gasteiger partial charge in [0.05, 0.1) is 0 Å². The molecule has 0 aliphatic carbocycles. The number of rotatable bonds is 7. The molecule has 29 heavy (non-hydrogen) atoms. The minimum absolute atomic E-state index is 0.00273. The van der Waals surface area contributed by atoms with Gasteiger partial charge in [-0.2, -0.15) is 0 Å². The summed E-state index contributed by atoms with van der Waals surface area (Å²) >= 11 is 6.09. The summed E-state index contributed by atoms with van der Waals surface area (Å²) in [6, 6.07) is 13.4. The number of anilines is 1. The molecular weight excluding hydrogens is 405 g/mol. The summed E-state index contributed by atoms with van der Waals surface area (Å²) in [6.07, 6.45) is 5.12. The van der Waals surface area contributed by atoms with Gasteiger partial charge in [-0.05, 0) is 0 Å². The number of carbonyl (C=O) groups excluding carboxylic acids is 2. The molecular formula is C23H29ClNO3P. The maximum atomic E-state index is 12.9. The van der Waals surface area contributed by atoms with Gasteiger partial charge in [0.25, 0.3) is 0 Å². The fourth-order valence-electron chi connectivity index (χ4n) is 4.27. The van der Waals surface area contributed by atoms with Crippen LogP contribution in [0.2, 0.25) is 5.02 Å². The first-order valence-electron chi connectivity index (χ1n) is 10.1. The van der Waals surface area contributed by atoms with Crippen molar-refractivity contribution < 1.29 is 14.3 Å². The zero-order chi connectivity index (χ0) is 20.9. The third-order valence-electron chi connectivity index (χ3n) is 5.72. The molecule has 0 atom stereocenters. The summed E-state index contributed by atoms with van der Waals surface area (Å²) in [5.41, 5.74) is 3.71. The number of nitrogens with one attached hydrogen (secondary N) is 1. The molecule has 1 amide bonds. The Kier molecular flexibility index (Phi) is 7.32. The molecule has 0 bridgehead atoms. The van der Waals surface area contributed by atoms with E-state index in [-0.39, 0.29) is 11.9 Å². The van der Waals surface area contributed by atoms with Gasteiger partial charge in [-0.3, -0.25) is 0 Å². The Labute approximate surface area is 178 Å². The second-order valence-electron chi connectivity index (χ2n) is 8.17. The Morgan fingerprint density at radius 2 is 1.66 bits per heavy atom. The molecule has 1 fully saturated rings. The van der Waals surface area contributed by atoms with E-state index in [1.807, 2.05) is 56.3 Å². The molecule has 0 aromatic heterocycles. The molecule has 0 unspecified atom stereocenters. The SMILES string of the molecule is Cc1cc(Cl)cc(C)c1NC(=O)C[PH]1(CC(=O)OCc2ccccc2)CCCC1. The van der Waals surface area contributed by atoms with Crippen LogP contribution in [0, 0.1) is 13.8 Å².